The van der Waals surface area contributed by atoms with Gasteiger partial charge in [-0.25, -0.2) is 0 Å². The molecule has 1 rings (SSSR count). The number of aliphatic carboxylic acids is 1. The molecule has 0 spiro atoms. The number of rotatable bonds is 3. The van der Waals surface area contributed by atoms with E-state index in [2.05, 4.69) is 9.68 Å². The monoisotopic (exact) mass is 175 g/mol. The molecule has 0 bridgehead atoms. The molecule has 1 N–H and O–H groups in total. The molecule has 4 nitrogen and oxygen atoms in total. The molecule has 0 amide bonds. The van der Waals surface area contributed by atoms with Crippen molar-refractivity contribution in [2.24, 2.45) is 0 Å². The second kappa shape index (κ2) is 3.39. The third-order valence-electron chi connectivity index (χ3n) is 1.12. The van der Waals surface area contributed by atoms with Gasteiger partial charge in [0.1, 0.15) is 5.76 Å². The first kappa shape index (κ1) is 8.07. The maximum atomic E-state index is 10.1. The zero-order valence-corrected chi connectivity index (χ0v) is 6.34. The molecule has 0 saturated carbocycles. The zero-order valence-electron chi connectivity index (χ0n) is 5.58. The van der Waals surface area contributed by atoms with Gasteiger partial charge in [0.25, 0.3) is 0 Å². The highest BCUT2D eigenvalue weighted by Gasteiger charge is 2.03. The highest BCUT2D eigenvalue weighted by atomic mass is 35.5. The van der Waals surface area contributed by atoms with Gasteiger partial charge in [0.15, 0.2) is 5.15 Å². The number of carbonyl (C=O) groups is 1. The van der Waals surface area contributed by atoms with Crippen LogP contribution < -0.4 is 0 Å². The lowest BCUT2D eigenvalue weighted by Crippen LogP contribution is -1.96. The van der Waals surface area contributed by atoms with Crippen molar-refractivity contribution in [3.05, 3.63) is 17.0 Å². The fourth-order valence-electron chi connectivity index (χ4n) is 0.636. The molecule has 0 fully saturated rings. The third-order valence-corrected chi connectivity index (χ3v) is 1.29. The lowest BCUT2D eigenvalue weighted by atomic mass is 10.2. The van der Waals surface area contributed by atoms with Crippen LogP contribution in [0.5, 0.6) is 0 Å². The highest BCUT2D eigenvalue weighted by Crippen LogP contribution is 2.10. The lowest BCUT2D eigenvalue weighted by Gasteiger charge is -1.87. The number of halogens is 1. The van der Waals surface area contributed by atoms with Crippen LogP contribution in [0.3, 0.4) is 0 Å². The van der Waals surface area contributed by atoms with Crippen molar-refractivity contribution in [3.8, 4) is 0 Å². The van der Waals surface area contributed by atoms with E-state index >= 15 is 0 Å². The molecule has 1 aromatic rings. The Morgan fingerprint density at radius 2 is 2.55 bits per heavy atom. The van der Waals surface area contributed by atoms with E-state index in [1.165, 1.54) is 6.07 Å². The van der Waals surface area contributed by atoms with Gasteiger partial charge in [0.05, 0.1) is 6.42 Å². The fourth-order valence-corrected chi connectivity index (χ4v) is 0.792. The van der Waals surface area contributed by atoms with Crippen LogP contribution in [-0.4, -0.2) is 16.2 Å². The van der Waals surface area contributed by atoms with E-state index in [0.717, 1.165) is 0 Å². The summed E-state index contributed by atoms with van der Waals surface area (Å²) in [6.07, 6.45) is 0.362. The summed E-state index contributed by atoms with van der Waals surface area (Å²) in [5.41, 5.74) is 0. The summed E-state index contributed by atoms with van der Waals surface area (Å²) >= 11 is 5.42. The molecule has 11 heavy (non-hydrogen) atoms. The quantitative estimate of drug-likeness (QED) is 0.753. The summed E-state index contributed by atoms with van der Waals surface area (Å²) < 4.78 is 4.67. The average molecular weight is 176 g/mol. The predicted octanol–water partition coefficient (Wildman–Crippen LogP) is 1.35. The standard InChI is InChI=1S/C6H6ClNO3/c7-5-3-4(11-8-5)1-2-6(9)10/h3H,1-2H2,(H,9,10). The number of hydrogen-bond donors (Lipinski definition) is 1. The number of carboxylic acid groups (broad SMARTS) is 1. The minimum absolute atomic E-state index is 0.0333. The zero-order chi connectivity index (χ0) is 8.27. The first-order valence-corrected chi connectivity index (χ1v) is 3.39. The Morgan fingerprint density at radius 3 is 3.00 bits per heavy atom. The molecule has 0 aromatic carbocycles. The van der Waals surface area contributed by atoms with E-state index in [-0.39, 0.29) is 11.6 Å². The topological polar surface area (TPSA) is 63.3 Å². The third kappa shape index (κ3) is 2.59. The minimum Gasteiger partial charge on any atom is -0.481 e. The predicted molar refractivity (Wildman–Crippen MR) is 37.5 cm³/mol. The normalized spacial score (nSPS) is 9.91. The van der Waals surface area contributed by atoms with Crippen LogP contribution >= 0.6 is 11.6 Å². The van der Waals surface area contributed by atoms with E-state index < -0.39 is 5.97 Å². The number of hydrogen-bond acceptors (Lipinski definition) is 3. The van der Waals surface area contributed by atoms with Gasteiger partial charge in [-0.3, -0.25) is 4.79 Å². The summed E-state index contributed by atoms with van der Waals surface area (Å²) in [6.45, 7) is 0. The average Bonchev–Trinajstić information content (AvgIpc) is 2.31. The van der Waals surface area contributed by atoms with Crippen LogP contribution in [0.25, 0.3) is 0 Å². The van der Waals surface area contributed by atoms with Gasteiger partial charge in [-0.2, -0.15) is 0 Å². The van der Waals surface area contributed by atoms with Gasteiger partial charge >= 0.3 is 5.97 Å². The summed E-state index contributed by atoms with van der Waals surface area (Å²) in [4.78, 5) is 10.1. The molecule has 1 aromatic heterocycles. The van der Waals surface area contributed by atoms with Crippen LogP contribution in [-0.2, 0) is 11.2 Å². The van der Waals surface area contributed by atoms with Gasteiger partial charge in [-0.1, -0.05) is 16.8 Å². The van der Waals surface area contributed by atoms with Crippen molar-refractivity contribution in [3.63, 3.8) is 0 Å². The molecule has 60 valence electrons. The Morgan fingerprint density at radius 1 is 1.82 bits per heavy atom. The van der Waals surface area contributed by atoms with Crippen LogP contribution in [0.1, 0.15) is 12.2 Å². The maximum Gasteiger partial charge on any atom is 0.303 e. The molecule has 0 unspecified atom stereocenters. The van der Waals surface area contributed by atoms with Crippen LogP contribution in [0.2, 0.25) is 5.15 Å². The van der Waals surface area contributed by atoms with E-state index in [1.54, 1.807) is 0 Å². The van der Waals surface area contributed by atoms with Crippen LogP contribution in [0.15, 0.2) is 10.6 Å². The maximum absolute atomic E-state index is 10.1. The smallest absolute Gasteiger partial charge is 0.303 e. The first-order valence-electron chi connectivity index (χ1n) is 3.01. The Balaban J connectivity index is 2.45. The number of aryl methyl sites for hydroxylation is 1. The SMILES string of the molecule is O=C(O)CCc1cc(Cl)no1. The van der Waals surface area contributed by atoms with Gasteiger partial charge in [0.2, 0.25) is 0 Å². The number of nitrogens with zero attached hydrogens (tertiary/aromatic N) is 1. The number of carboxylic acids is 1. The van der Waals surface area contributed by atoms with Gasteiger partial charge < -0.3 is 9.63 Å². The van der Waals surface area contributed by atoms with Gasteiger partial charge in [-0.15, -0.1) is 0 Å². The van der Waals surface area contributed by atoms with Crippen molar-refractivity contribution in [2.75, 3.05) is 0 Å². The molecule has 1 heterocycles. The van der Waals surface area contributed by atoms with Crippen molar-refractivity contribution in [2.45, 2.75) is 12.8 Å². The Kier molecular flexibility index (Phi) is 2.48. The largest absolute Gasteiger partial charge is 0.481 e. The van der Waals surface area contributed by atoms with Crippen molar-refractivity contribution < 1.29 is 14.4 Å². The molecule has 0 atom stereocenters. The molecular formula is C6H6ClNO3. The van der Waals surface area contributed by atoms with Crippen molar-refractivity contribution in [1.82, 2.24) is 5.16 Å². The van der Waals surface area contributed by atoms with E-state index in [9.17, 15) is 4.79 Å². The molecule has 0 aliphatic carbocycles. The Bertz CT molecular complexity index is 258. The fraction of sp³-hybridized carbons (Fsp3) is 0.333. The van der Waals surface area contributed by atoms with Gasteiger partial charge in [-0.05, 0) is 0 Å². The number of aromatic nitrogens is 1. The Hall–Kier alpha value is -1.03. The second-order valence-corrected chi connectivity index (χ2v) is 2.40. The van der Waals surface area contributed by atoms with Crippen LogP contribution in [0.4, 0.5) is 0 Å². The van der Waals surface area contributed by atoms with Crippen molar-refractivity contribution in [1.29, 1.82) is 0 Å². The van der Waals surface area contributed by atoms with Gasteiger partial charge in [0, 0.05) is 12.5 Å². The van der Waals surface area contributed by atoms with Crippen LogP contribution in [0, 0.1) is 0 Å². The van der Waals surface area contributed by atoms with Crippen molar-refractivity contribution >= 4 is 17.6 Å². The summed E-state index contributed by atoms with van der Waals surface area (Å²) in [6, 6.07) is 1.50. The lowest BCUT2D eigenvalue weighted by molar-refractivity contribution is -0.137. The second-order valence-electron chi connectivity index (χ2n) is 2.01. The van der Waals surface area contributed by atoms with E-state index in [4.69, 9.17) is 16.7 Å². The van der Waals surface area contributed by atoms with E-state index in [1.807, 2.05) is 0 Å². The van der Waals surface area contributed by atoms with E-state index in [0.29, 0.717) is 12.2 Å². The Labute approximate surface area is 67.8 Å². The summed E-state index contributed by atoms with van der Waals surface area (Å²) in [5, 5.41) is 11.9. The molecule has 0 aliphatic heterocycles. The first-order chi connectivity index (χ1) is 5.18. The molecule has 0 saturated heterocycles. The molecular weight excluding hydrogens is 170 g/mol. The molecule has 0 aliphatic rings. The molecule has 5 heteroatoms. The minimum atomic E-state index is -0.863. The highest BCUT2D eigenvalue weighted by molar-refractivity contribution is 6.29. The summed E-state index contributed by atoms with van der Waals surface area (Å²) in [5.74, 6) is -0.366. The molecule has 0 radical (unpaired) electrons. The summed E-state index contributed by atoms with van der Waals surface area (Å²) in [7, 11) is 0.